The van der Waals surface area contributed by atoms with E-state index in [0.717, 1.165) is 12.0 Å². The monoisotopic (exact) mass is 381 g/mol. The molecule has 2 unspecified atom stereocenters. The fraction of sp³-hybridized carbons (Fsp3) is 0.412. The number of aliphatic hydroxyl groups excluding tert-OH is 1. The third kappa shape index (κ3) is 4.57. The second kappa shape index (κ2) is 8.43. The molecule has 2 heterocycles. The van der Waals surface area contributed by atoms with Gasteiger partial charge in [0.1, 0.15) is 18.8 Å². The van der Waals surface area contributed by atoms with E-state index < -0.39 is 0 Å². The Bertz CT molecular complexity index is 725. The number of hydrogen-bond donors (Lipinski definition) is 1. The molecule has 0 aromatic carbocycles. The van der Waals surface area contributed by atoms with E-state index in [-0.39, 0.29) is 11.5 Å². The summed E-state index contributed by atoms with van der Waals surface area (Å²) in [6, 6.07) is 0. The maximum Gasteiger partial charge on any atom is 0.225 e. The number of hydrogen-bond acceptors (Lipinski definition) is 6. The highest BCUT2D eigenvalue weighted by Gasteiger charge is 2.21. The van der Waals surface area contributed by atoms with Gasteiger partial charge in [-0.2, -0.15) is 0 Å². The van der Waals surface area contributed by atoms with E-state index in [1.807, 2.05) is 23.2 Å². The lowest BCUT2D eigenvalue weighted by Crippen LogP contribution is -2.42. The molecule has 1 N–H and O–H groups in total. The summed E-state index contributed by atoms with van der Waals surface area (Å²) in [6.45, 7) is 1.95. The minimum atomic E-state index is -0.354. The first-order valence-corrected chi connectivity index (χ1v) is 8.64. The van der Waals surface area contributed by atoms with Crippen molar-refractivity contribution in [3.05, 3.63) is 35.2 Å². The Labute approximate surface area is 156 Å². The minimum Gasteiger partial charge on any atom is -0.486 e. The number of anilines is 1. The van der Waals surface area contributed by atoms with Crippen LogP contribution >= 0.6 is 23.2 Å². The van der Waals surface area contributed by atoms with Crippen molar-refractivity contribution in [1.82, 2.24) is 9.97 Å². The van der Waals surface area contributed by atoms with Crippen LogP contribution in [0.2, 0.25) is 0 Å². The number of alkyl halides is 1. The van der Waals surface area contributed by atoms with E-state index in [1.54, 1.807) is 12.4 Å². The van der Waals surface area contributed by atoms with Gasteiger partial charge < -0.3 is 19.5 Å². The summed E-state index contributed by atoms with van der Waals surface area (Å²) in [5.41, 5.74) is 0.855. The SMILES string of the molecule is OC#CC1CN(c2ncc(OCC3=C(Cl)C=CCC3Cl)cn2)CCO1. The molecule has 132 valence electrons. The first-order valence-electron chi connectivity index (χ1n) is 7.82. The van der Waals surface area contributed by atoms with Crippen LogP contribution in [-0.2, 0) is 4.74 Å². The molecular formula is C17H17Cl2N3O3. The molecule has 0 bridgehead atoms. The van der Waals surface area contributed by atoms with Gasteiger partial charge in [-0.25, -0.2) is 9.97 Å². The van der Waals surface area contributed by atoms with Crippen LogP contribution in [0.25, 0.3) is 0 Å². The Balaban J connectivity index is 1.60. The fourth-order valence-electron chi connectivity index (χ4n) is 2.55. The van der Waals surface area contributed by atoms with Crippen molar-refractivity contribution in [3.8, 4) is 17.8 Å². The first kappa shape index (κ1) is 17.9. The van der Waals surface area contributed by atoms with Gasteiger partial charge in [0.05, 0.1) is 30.9 Å². The van der Waals surface area contributed by atoms with Gasteiger partial charge in [0.15, 0.2) is 5.75 Å². The van der Waals surface area contributed by atoms with E-state index in [0.29, 0.717) is 43.0 Å². The molecule has 3 rings (SSSR count). The van der Waals surface area contributed by atoms with Crippen molar-refractivity contribution in [2.75, 3.05) is 31.2 Å². The quantitative estimate of drug-likeness (QED) is 0.638. The second-order valence-electron chi connectivity index (χ2n) is 5.55. The largest absolute Gasteiger partial charge is 0.486 e. The van der Waals surface area contributed by atoms with Crippen molar-refractivity contribution >= 4 is 29.2 Å². The Morgan fingerprint density at radius 1 is 1.40 bits per heavy atom. The second-order valence-corrected chi connectivity index (χ2v) is 6.48. The molecule has 2 aliphatic rings. The minimum absolute atomic E-state index is 0.157. The van der Waals surface area contributed by atoms with Crippen LogP contribution in [-0.4, -0.2) is 52.9 Å². The summed E-state index contributed by atoms with van der Waals surface area (Å²) in [6.07, 6.45) is 9.27. The Hall–Kier alpha value is -1.94. The number of aromatic nitrogens is 2. The first-order chi connectivity index (χ1) is 12.2. The molecule has 2 atom stereocenters. The van der Waals surface area contributed by atoms with Gasteiger partial charge in [0.2, 0.25) is 5.95 Å². The van der Waals surface area contributed by atoms with Gasteiger partial charge in [0, 0.05) is 17.2 Å². The average Bonchev–Trinajstić information content (AvgIpc) is 2.62. The van der Waals surface area contributed by atoms with Crippen LogP contribution in [0.15, 0.2) is 35.2 Å². The van der Waals surface area contributed by atoms with Gasteiger partial charge in [-0.3, -0.25) is 0 Å². The highest BCUT2D eigenvalue weighted by atomic mass is 35.5. The smallest absolute Gasteiger partial charge is 0.225 e. The molecule has 0 spiro atoms. The van der Waals surface area contributed by atoms with Crippen LogP contribution in [0.5, 0.6) is 5.75 Å². The number of morpholine rings is 1. The third-order valence-electron chi connectivity index (χ3n) is 3.88. The van der Waals surface area contributed by atoms with Crippen molar-refractivity contribution in [3.63, 3.8) is 0 Å². The van der Waals surface area contributed by atoms with Crippen molar-refractivity contribution in [1.29, 1.82) is 0 Å². The van der Waals surface area contributed by atoms with E-state index in [9.17, 15) is 0 Å². The molecular weight excluding hydrogens is 365 g/mol. The van der Waals surface area contributed by atoms with Crippen LogP contribution < -0.4 is 9.64 Å². The van der Waals surface area contributed by atoms with Crippen molar-refractivity contribution in [2.45, 2.75) is 17.9 Å². The van der Waals surface area contributed by atoms with Crippen LogP contribution in [0.1, 0.15) is 6.42 Å². The summed E-state index contributed by atoms with van der Waals surface area (Å²) in [5, 5.41) is 9.14. The Morgan fingerprint density at radius 2 is 2.20 bits per heavy atom. The van der Waals surface area contributed by atoms with E-state index in [1.165, 1.54) is 0 Å². The third-order valence-corrected chi connectivity index (χ3v) is 4.69. The predicted octanol–water partition coefficient (Wildman–Crippen LogP) is 2.45. The molecule has 25 heavy (non-hydrogen) atoms. The van der Waals surface area contributed by atoms with E-state index in [2.05, 4.69) is 15.9 Å². The Kier molecular flexibility index (Phi) is 6.03. The summed E-state index contributed by atoms with van der Waals surface area (Å²) >= 11 is 12.4. The number of nitrogens with zero attached hydrogens (tertiary/aromatic N) is 3. The lowest BCUT2D eigenvalue weighted by Gasteiger charge is -2.30. The molecule has 1 fully saturated rings. The van der Waals surface area contributed by atoms with Gasteiger partial charge in [-0.15, -0.1) is 11.6 Å². The number of aliphatic hydroxyl groups is 1. The molecule has 0 saturated carbocycles. The van der Waals surface area contributed by atoms with Gasteiger partial charge in [0.25, 0.3) is 0 Å². The molecule has 1 aromatic rings. The summed E-state index contributed by atoms with van der Waals surface area (Å²) in [5.74, 6) is 3.69. The summed E-state index contributed by atoms with van der Waals surface area (Å²) in [4.78, 5) is 10.6. The highest BCUT2D eigenvalue weighted by Crippen LogP contribution is 2.27. The van der Waals surface area contributed by atoms with Crippen LogP contribution in [0.3, 0.4) is 0 Å². The van der Waals surface area contributed by atoms with Crippen LogP contribution in [0, 0.1) is 12.0 Å². The lowest BCUT2D eigenvalue weighted by molar-refractivity contribution is 0.0767. The normalized spacial score (nSPS) is 23.2. The zero-order valence-corrected chi connectivity index (χ0v) is 14.9. The molecule has 1 aliphatic carbocycles. The molecule has 6 nitrogen and oxygen atoms in total. The van der Waals surface area contributed by atoms with Gasteiger partial charge in [-0.05, 0) is 18.4 Å². The standard InChI is InChI=1S/C17H17Cl2N3O3/c18-15-2-1-3-16(19)14(15)11-25-13-8-20-17(21-9-13)22-5-7-24-12(10-22)4-6-23/h1-2,8-9,12,16,23H,3,5,7,10-11H2. The average molecular weight is 382 g/mol. The predicted molar refractivity (Wildman–Crippen MR) is 95.5 cm³/mol. The van der Waals surface area contributed by atoms with Gasteiger partial charge >= 0.3 is 0 Å². The van der Waals surface area contributed by atoms with Gasteiger partial charge in [-0.1, -0.05) is 17.7 Å². The fourth-order valence-corrected chi connectivity index (χ4v) is 3.16. The molecule has 1 aromatic heterocycles. The maximum absolute atomic E-state index is 8.68. The number of ether oxygens (including phenoxy) is 2. The van der Waals surface area contributed by atoms with Crippen LogP contribution in [0.4, 0.5) is 5.95 Å². The Morgan fingerprint density at radius 3 is 2.92 bits per heavy atom. The number of rotatable bonds is 4. The lowest BCUT2D eigenvalue weighted by atomic mass is 10.1. The zero-order valence-electron chi connectivity index (χ0n) is 13.4. The summed E-state index contributed by atoms with van der Waals surface area (Å²) in [7, 11) is 0. The summed E-state index contributed by atoms with van der Waals surface area (Å²) < 4.78 is 11.1. The maximum atomic E-state index is 8.68. The molecule has 8 heteroatoms. The highest BCUT2D eigenvalue weighted by molar-refractivity contribution is 6.33. The zero-order chi connectivity index (χ0) is 17.6. The molecule has 1 saturated heterocycles. The molecule has 0 amide bonds. The van der Waals surface area contributed by atoms with E-state index >= 15 is 0 Å². The van der Waals surface area contributed by atoms with Crippen molar-refractivity contribution < 1.29 is 14.6 Å². The van der Waals surface area contributed by atoms with E-state index in [4.69, 9.17) is 37.8 Å². The van der Waals surface area contributed by atoms with Crippen molar-refractivity contribution in [2.24, 2.45) is 0 Å². The number of halogens is 2. The number of allylic oxidation sites excluding steroid dienone is 3. The molecule has 0 radical (unpaired) electrons. The topological polar surface area (TPSA) is 67.7 Å². The molecule has 1 aliphatic heterocycles.